The SMILES string of the molecule is N#CC(=Cc1cc([N+](=O)[O-])ccc1Sc1ccc(Cl)cc1)S(=O)(=O)c1ccc(Cl)cc1. The molecule has 3 rings (SSSR count). The van der Waals surface area contributed by atoms with Gasteiger partial charge in [0.15, 0.2) is 0 Å². The van der Waals surface area contributed by atoms with Gasteiger partial charge in [-0.05, 0) is 66.2 Å². The minimum absolute atomic E-state index is 0.109. The second-order valence-corrected chi connectivity index (χ2v) is 10.0. The van der Waals surface area contributed by atoms with Crippen LogP contribution in [-0.4, -0.2) is 13.3 Å². The summed E-state index contributed by atoms with van der Waals surface area (Å²) in [5, 5.41) is 21.7. The zero-order chi connectivity index (χ0) is 22.6. The predicted molar refractivity (Wildman–Crippen MR) is 121 cm³/mol. The van der Waals surface area contributed by atoms with E-state index >= 15 is 0 Å². The van der Waals surface area contributed by atoms with Crippen molar-refractivity contribution in [1.82, 2.24) is 0 Å². The van der Waals surface area contributed by atoms with Crippen LogP contribution in [0.3, 0.4) is 0 Å². The highest BCUT2D eigenvalue weighted by atomic mass is 35.5. The van der Waals surface area contributed by atoms with E-state index in [9.17, 15) is 23.8 Å². The van der Waals surface area contributed by atoms with Gasteiger partial charge in [0, 0.05) is 32.0 Å². The van der Waals surface area contributed by atoms with Gasteiger partial charge in [-0.1, -0.05) is 35.0 Å². The van der Waals surface area contributed by atoms with Crippen LogP contribution >= 0.6 is 35.0 Å². The molecular formula is C21H12Cl2N2O4S2. The van der Waals surface area contributed by atoms with Gasteiger partial charge in [0.05, 0.1) is 9.82 Å². The summed E-state index contributed by atoms with van der Waals surface area (Å²) in [5.74, 6) is 0. The third-order valence-electron chi connectivity index (χ3n) is 4.06. The van der Waals surface area contributed by atoms with Crippen LogP contribution in [0.2, 0.25) is 10.0 Å². The number of nitro groups is 1. The van der Waals surface area contributed by atoms with Gasteiger partial charge in [-0.3, -0.25) is 10.1 Å². The van der Waals surface area contributed by atoms with Crippen molar-refractivity contribution in [1.29, 1.82) is 5.26 Å². The van der Waals surface area contributed by atoms with E-state index in [0.29, 0.717) is 14.9 Å². The van der Waals surface area contributed by atoms with Crippen molar-refractivity contribution in [3.63, 3.8) is 0 Å². The minimum atomic E-state index is -4.15. The Labute approximate surface area is 192 Å². The maximum absolute atomic E-state index is 12.9. The summed E-state index contributed by atoms with van der Waals surface area (Å²) in [7, 11) is -4.15. The first-order valence-electron chi connectivity index (χ1n) is 8.55. The van der Waals surface area contributed by atoms with Crippen LogP contribution in [0, 0.1) is 21.4 Å². The van der Waals surface area contributed by atoms with Crippen molar-refractivity contribution in [2.75, 3.05) is 0 Å². The third-order valence-corrected chi connectivity index (χ3v) is 7.34. The zero-order valence-electron chi connectivity index (χ0n) is 15.5. The molecule has 31 heavy (non-hydrogen) atoms. The molecule has 0 aliphatic carbocycles. The van der Waals surface area contributed by atoms with Crippen LogP contribution in [0.15, 0.2) is 86.3 Å². The number of allylic oxidation sites excluding steroid dienone is 1. The Morgan fingerprint density at radius 3 is 2.13 bits per heavy atom. The van der Waals surface area contributed by atoms with E-state index in [1.165, 1.54) is 54.2 Å². The lowest BCUT2D eigenvalue weighted by Crippen LogP contribution is -2.03. The predicted octanol–water partition coefficient (Wildman–Crippen LogP) is 6.39. The molecule has 10 heteroatoms. The van der Waals surface area contributed by atoms with Crippen molar-refractivity contribution < 1.29 is 13.3 Å². The number of hydrogen-bond donors (Lipinski definition) is 0. The van der Waals surface area contributed by atoms with Gasteiger partial charge in [-0.15, -0.1) is 0 Å². The smallest absolute Gasteiger partial charge is 0.258 e. The fraction of sp³-hybridized carbons (Fsp3) is 0. The number of nitriles is 1. The number of nitrogens with zero attached hydrogens (tertiary/aromatic N) is 2. The summed E-state index contributed by atoms with van der Waals surface area (Å²) in [6.07, 6.45) is 1.13. The number of sulfone groups is 1. The highest BCUT2D eigenvalue weighted by Gasteiger charge is 2.22. The van der Waals surface area contributed by atoms with E-state index in [1.54, 1.807) is 30.3 Å². The van der Waals surface area contributed by atoms with Crippen molar-refractivity contribution in [2.24, 2.45) is 0 Å². The van der Waals surface area contributed by atoms with Gasteiger partial charge < -0.3 is 0 Å². The quantitative estimate of drug-likeness (QED) is 0.225. The molecule has 0 atom stereocenters. The molecule has 0 aliphatic rings. The average molecular weight is 491 g/mol. The minimum Gasteiger partial charge on any atom is -0.258 e. The molecule has 0 N–H and O–H groups in total. The van der Waals surface area contributed by atoms with Gasteiger partial charge >= 0.3 is 0 Å². The molecule has 0 radical (unpaired) electrons. The number of non-ortho nitro benzene ring substituents is 1. The molecule has 0 heterocycles. The molecule has 0 unspecified atom stereocenters. The van der Waals surface area contributed by atoms with Crippen LogP contribution < -0.4 is 0 Å². The number of rotatable bonds is 6. The van der Waals surface area contributed by atoms with E-state index < -0.39 is 19.7 Å². The van der Waals surface area contributed by atoms with Gasteiger partial charge in [-0.25, -0.2) is 8.42 Å². The van der Waals surface area contributed by atoms with Gasteiger partial charge in [0.25, 0.3) is 5.69 Å². The van der Waals surface area contributed by atoms with Crippen LogP contribution in [-0.2, 0) is 9.84 Å². The average Bonchev–Trinajstić information content (AvgIpc) is 2.74. The van der Waals surface area contributed by atoms with Gasteiger partial charge in [0.2, 0.25) is 9.84 Å². The molecule has 0 aliphatic heterocycles. The van der Waals surface area contributed by atoms with Crippen molar-refractivity contribution in [3.8, 4) is 6.07 Å². The lowest BCUT2D eigenvalue weighted by atomic mass is 10.2. The summed E-state index contributed by atoms with van der Waals surface area (Å²) < 4.78 is 25.8. The third kappa shape index (κ3) is 5.46. The molecule has 6 nitrogen and oxygen atoms in total. The van der Waals surface area contributed by atoms with Crippen LogP contribution in [0.1, 0.15) is 5.56 Å². The van der Waals surface area contributed by atoms with Crippen LogP contribution in [0.25, 0.3) is 6.08 Å². The Morgan fingerprint density at radius 2 is 1.58 bits per heavy atom. The first-order chi connectivity index (χ1) is 14.7. The van der Waals surface area contributed by atoms with Crippen molar-refractivity contribution in [2.45, 2.75) is 14.7 Å². The zero-order valence-corrected chi connectivity index (χ0v) is 18.7. The summed E-state index contributed by atoms with van der Waals surface area (Å²) >= 11 is 13.0. The topological polar surface area (TPSA) is 101 Å². The van der Waals surface area contributed by atoms with E-state index in [2.05, 4.69) is 0 Å². The highest BCUT2D eigenvalue weighted by molar-refractivity contribution is 7.99. The standard InChI is InChI=1S/C21H12Cl2N2O4S2/c22-15-1-6-18(7-2-15)30-21-10-5-17(25(26)27)11-14(21)12-20(13-24)31(28,29)19-8-3-16(23)4-9-19/h1-12H. The highest BCUT2D eigenvalue weighted by Crippen LogP contribution is 2.35. The van der Waals surface area contributed by atoms with E-state index in [-0.39, 0.29) is 16.1 Å². The Kier molecular flexibility index (Phi) is 7.03. The molecule has 0 saturated carbocycles. The van der Waals surface area contributed by atoms with E-state index in [0.717, 1.165) is 11.0 Å². The lowest BCUT2D eigenvalue weighted by Gasteiger charge is -2.08. The fourth-order valence-electron chi connectivity index (χ4n) is 2.54. The largest absolute Gasteiger partial charge is 0.270 e. The number of nitro benzene ring substituents is 1. The second kappa shape index (κ2) is 9.54. The first-order valence-corrected chi connectivity index (χ1v) is 11.6. The summed E-state index contributed by atoms with van der Waals surface area (Å²) in [6.45, 7) is 0. The summed E-state index contributed by atoms with van der Waals surface area (Å²) in [4.78, 5) is 11.3. The van der Waals surface area contributed by atoms with E-state index in [4.69, 9.17) is 23.2 Å². The maximum Gasteiger partial charge on any atom is 0.270 e. The van der Waals surface area contributed by atoms with Crippen LogP contribution in [0.4, 0.5) is 5.69 Å². The maximum atomic E-state index is 12.9. The molecule has 0 amide bonds. The van der Waals surface area contributed by atoms with Gasteiger partial charge in [-0.2, -0.15) is 5.26 Å². The van der Waals surface area contributed by atoms with Gasteiger partial charge in [0.1, 0.15) is 11.0 Å². The molecule has 0 fully saturated rings. The molecule has 0 spiro atoms. The summed E-state index contributed by atoms with van der Waals surface area (Å²) in [6, 6.07) is 18.0. The van der Waals surface area contributed by atoms with E-state index in [1.807, 2.05) is 0 Å². The van der Waals surface area contributed by atoms with Crippen molar-refractivity contribution in [3.05, 3.63) is 97.4 Å². The summed E-state index contributed by atoms with van der Waals surface area (Å²) in [5.41, 5.74) is -0.00359. The molecule has 3 aromatic rings. The lowest BCUT2D eigenvalue weighted by molar-refractivity contribution is -0.384. The Bertz CT molecular complexity index is 1310. The Morgan fingerprint density at radius 1 is 1.00 bits per heavy atom. The number of hydrogen-bond acceptors (Lipinski definition) is 6. The monoisotopic (exact) mass is 490 g/mol. The molecule has 156 valence electrons. The number of benzene rings is 3. The second-order valence-electron chi connectivity index (χ2n) is 6.11. The molecule has 0 aromatic heterocycles. The fourth-order valence-corrected chi connectivity index (χ4v) is 4.84. The number of halogens is 2. The molecular weight excluding hydrogens is 479 g/mol. The molecule has 0 saturated heterocycles. The molecule has 0 bridgehead atoms. The Hall–Kier alpha value is -2.83. The Balaban J connectivity index is 2.11. The normalized spacial score (nSPS) is 11.7. The van der Waals surface area contributed by atoms with Crippen LogP contribution in [0.5, 0.6) is 0 Å². The molecule has 3 aromatic carbocycles. The first kappa shape index (κ1) is 22.8. The van der Waals surface area contributed by atoms with Crippen molar-refractivity contribution >= 4 is 56.6 Å².